The van der Waals surface area contributed by atoms with Crippen molar-refractivity contribution in [2.24, 2.45) is 0 Å². The summed E-state index contributed by atoms with van der Waals surface area (Å²) in [6.07, 6.45) is 0. The molecule has 0 atom stereocenters. The molecule has 0 saturated heterocycles. The van der Waals surface area contributed by atoms with E-state index in [0.717, 1.165) is 10.5 Å². The number of hydrogen-bond donors (Lipinski definition) is 0. The first-order valence-electron chi connectivity index (χ1n) is 7.55. The molecule has 0 amide bonds. The van der Waals surface area contributed by atoms with Crippen molar-refractivity contribution in [3.8, 4) is 0 Å². The van der Waals surface area contributed by atoms with E-state index >= 15 is 0 Å². The normalized spacial score (nSPS) is 11.3. The second-order valence-electron chi connectivity index (χ2n) is 5.49. The van der Waals surface area contributed by atoms with Crippen molar-refractivity contribution in [2.75, 3.05) is 0 Å². The van der Waals surface area contributed by atoms with Gasteiger partial charge in [-0.2, -0.15) is 0 Å². The predicted octanol–water partition coefficient (Wildman–Crippen LogP) is 4.05. The van der Waals surface area contributed by atoms with E-state index in [1.54, 1.807) is 24.3 Å². The van der Waals surface area contributed by atoms with Gasteiger partial charge >= 0.3 is 149 Å². The number of benzene rings is 2. The Morgan fingerprint density at radius 2 is 1.04 bits per heavy atom. The van der Waals surface area contributed by atoms with Crippen LogP contribution in [0, 0.1) is 0 Å². The molecular weight excluding hydrogens is 392 g/mol. The van der Waals surface area contributed by atoms with E-state index in [1.807, 2.05) is 24.3 Å². The van der Waals surface area contributed by atoms with Crippen molar-refractivity contribution in [1.82, 2.24) is 0 Å². The van der Waals surface area contributed by atoms with Crippen molar-refractivity contribution < 1.29 is 9.59 Å². The molecular formula is C18H18Cl2GeO2. The molecule has 0 fully saturated rings. The number of hydrogen-bond acceptors (Lipinski definition) is 2. The molecule has 0 unspecified atom stereocenters. The first kappa shape index (κ1) is 18.2. The summed E-state index contributed by atoms with van der Waals surface area (Å²) in [5, 5.41) is 1.29. The van der Waals surface area contributed by atoms with Gasteiger partial charge in [0.1, 0.15) is 0 Å². The Balaban J connectivity index is 2.49. The van der Waals surface area contributed by atoms with Crippen LogP contribution in [0.5, 0.6) is 0 Å². The molecule has 0 heterocycles. The molecule has 0 spiro atoms. The van der Waals surface area contributed by atoms with Crippen LogP contribution in [0.1, 0.15) is 34.6 Å². The summed E-state index contributed by atoms with van der Waals surface area (Å²) in [5.41, 5.74) is 1.03. The maximum absolute atomic E-state index is 11.3. The number of carbonyl (C=O) groups excluding carboxylic acids is 2. The van der Waals surface area contributed by atoms with Crippen LogP contribution >= 0.6 is 23.2 Å². The van der Waals surface area contributed by atoms with Crippen LogP contribution in [-0.4, -0.2) is 23.8 Å². The van der Waals surface area contributed by atoms with Gasteiger partial charge < -0.3 is 0 Å². The molecule has 0 aromatic heterocycles. The van der Waals surface area contributed by atoms with Gasteiger partial charge in [-0.15, -0.1) is 0 Å². The molecule has 5 heteroatoms. The molecule has 2 rings (SSSR count). The van der Waals surface area contributed by atoms with E-state index in [4.69, 9.17) is 23.2 Å². The third-order valence-electron chi connectivity index (χ3n) is 4.54. The topological polar surface area (TPSA) is 34.1 Å². The van der Waals surface area contributed by atoms with Crippen LogP contribution in [0.4, 0.5) is 0 Å². The fourth-order valence-electron chi connectivity index (χ4n) is 3.07. The molecule has 2 aromatic rings. The average Bonchev–Trinajstić information content (AvgIpc) is 2.57. The van der Waals surface area contributed by atoms with Gasteiger partial charge in [-0.1, -0.05) is 0 Å². The minimum atomic E-state index is -2.53. The van der Waals surface area contributed by atoms with E-state index in [9.17, 15) is 9.59 Å². The van der Waals surface area contributed by atoms with Crippen molar-refractivity contribution in [3.63, 3.8) is 0 Å². The molecule has 23 heavy (non-hydrogen) atoms. The van der Waals surface area contributed by atoms with E-state index in [0.29, 0.717) is 11.1 Å². The number of carbonyl (C=O) groups is 2. The van der Waals surface area contributed by atoms with Gasteiger partial charge in [0.2, 0.25) is 0 Å². The molecule has 0 N–H and O–H groups in total. The third kappa shape index (κ3) is 3.70. The Labute approximate surface area is 149 Å². The van der Waals surface area contributed by atoms with E-state index in [1.165, 1.54) is 8.79 Å². The molecule has 0 aliphatic rings. The predicted molar refractivity (Wildman–Crippen MR) is 99.2 cm³/mol. The first-order valence-corrected chi connectivity index (χ1v) is 13.4. The van der Waals surface area contributed by atoms with Gasteiger partial charge in [-0.25, -0.2) is 0 Å². The van der Waals surface area contributed by atoms with Gasteiger partial charge in [0.15, 0.2) is 0 Å². The van der Waals surface area contributed by atoms with Gasteiger partial charge in [0.05, 0.1) is 0 Å². The van der Waals surface area contributed by atoms with Crippen molar-refractivity contribution in [1.29, 1.82) is 0 Å². The first-order chi connectivity index (χ1) is 10.9. The molecule has 0 bridgehead atoms. The zero-order valence-electron chi connectivity index (χ0n) is 13.1. The second kappa shape index (κ2) is 7.65. The van der Waals surface area contributed by atoms with Crippen molar-refractivity contribution in [2.45, 2.75) is 24.4 Å². The van der Waals surface area contributed by atoms with E-state index in [-0.39, 0.29) is 0 Å². The number of halogens is 2. The standard InChI is InChI=1S/C18H18Cl2GeO2/c1-3-21(4-2,15-9-5-13(6-10-15)17(19)22)16-11-7-14(8-12-16)18(20)23/h5-12H,3-4H2,1-2H3. The summed E-state index contributed by atoms with van der Waals surface area (Å²) < 4.78 is 2.61. The fraction of sp³-hybridized carbons (Fsp3) is 0.222. The van der Waals surface area contributed by atoms with Crippen LogP contribution in [0.25, 0.3) is 0 Å². The molecule has 2 aromatic carbocycles. The number of rotatable bonds is 6. The molecule has 2 nitrogen and oxygen atoms in total. The maximum atomic E-state index is 11.3. The summed E-state index contributed by atoms with van der Waals surface area (Å²) in [4.78, 5) is 22.5. The van der Waals surface area contributed by atoms with Crippen LogP contribution < -0.4 is 8.79 Å². The molecule has 0 saturated carbocycles. The zero-order chi connectivity index (χ0) is 17.0. The quantitative estimate of drug-likeness (QED) is 0.533. The van der Waals surface area contributed by atoms with Crippen molar-refractivity contribution >= 4 is 55.7 Å². The van der Waals surface area contributed by atoms with Crippen LogP contribution in [0.15, 0.2) is 48.5 Å². The van der Waals surface area contributed by atoms with Gasteiger partial charge in [0.25, 0.3) is 0 Å². The zero-order valence-corrected chi connectivity index (χ0v) is 16.7. The summed E-state index contributed by atoms with van der Waals surface area (Å²) in [7, 11) is 0. The van der Waals surface area contributed by atoms with Gasteiger partial charge in [-0.05, 0) is 0 Å². The molecule has 0 aliphatic heterocycles. The molecule has 120 valence electrons. The molecule has 0 aliphatic carbocycles. The summed E-state index contributed by atoms with van der Waals surface area (Å²) >= 11 is 8.54. The van der Waals surface area contributed by atoms with Gasteiger partial charge in [0, 0.05) is 0 Å². The Bertz CT molecular complexity index is 645. The van der Waals surface area contributed by atoms with E-state index < -0.39 is 23.8 Å². The minimum absolute atomic E-state index is 0.437. The van der Waals surface area contributed by atoms with Crippen LogP contribution in [0.3, 0.4) is 0 Å². The Morgan fingerprint density at radius 3 is 1.26 bits per heavy atom. The summed E-state index contributed by atoms with van der Waals surface area (Å²) in [6.45, 7) is 4.43. The second-order valence-corrected chi connectivity index (χ2v) is 16.1. The average molecular weight is 410 g/mol. The summed E-state index contributed by atoms with van der Waals surface area (Å²) in [6, 6.07) is 15.3. The monoisotopic (exact) mass is 410 g/mol. The Morgan fingerprint density at radius 1 is 0.739 bits per heavy atom. The Hall–Kier alpha value is -1.10. The van der Waals surface area contributed by atoms with E-state index in [2.05, 4.69) is 13.8 Å². The SMILES string of the molecule is C[CH2][Ge]([CH2]C)([c]1ccc(C(=O)Cl)cc1)[c]1ccc(C(=O)Cl)cc1. The van der Waals surface area contributed by atoms with Gasteiger partial charge in [-0.3, -0.25) is 0 Å². The van der Waals surface area contributed by atoms with Crippen LogP contribution in [0.2, 0.25) is 10.5 Å². The Kier molecular flexibility index (Phi) is 6.07. The molecule has 0 radical (unpaired) electrons. The summed E-state index contributed by atoms with van der Waals surface area (Å²) in [5.74, 6) is 0. The third-order valence-corrected chi connectivity index (χ3v) is 16.1. The van der Waals surface area contributed by atoms with Crippen LogP contribution in [-0.2, 0) is 0 Å². The fourth-order valence-corrected chi connectivity index (χ4v) is 11.9. The van der Waals surface area contributed by atoms with Crippen molar-refractivity contribution in [3.05, 3.63) is 59.7 Å².